The van der Waals surface area contributed by atoms with Gasteiger partial charge >= 0.3 is 0 Å². The number of hydrogen-bond acceptors (Lipinski definition) is 2. The maximum absolute atomic E-state index is 3.58. The molecule has 0 aromatic carbocycles. The van der Waals surface area contributed by atoms with Gasteiger partial charge in [-0.1, -0.05) is 26.0 Å². The summed E-state index contributed by atoms with van der Waals surface area (Å²) in [5, 5.41) is 3.58. The van der Waals surface area contributed by atoms with E-state index in [0.717, 1.165) is 25.0 Å². The number of piperazine rings is 1. The predicted octanol–water partition coefficient (Wildman–Crippen LogP) is 2.27. The Morgan fingerprint density at radius 3 is 2.80 bits per heavy atom. The van der Waals surface area contributed by atoms with Crippen molar-refractivity contribution in [3.05, 3.63) is 12.2 Å². The summed E-state index contributed by atoms with van der Waals surface area (Å²) < 4.78 is 0. The topological polar surface area (TPSA) is 15.3 Å². The van der Waals surface area contributed by atoms with Crippen LogP contribution < -0.4 is 5.32 Å². The molecule has 0 bridgehead atoms. The van der Waals surface area contributed by atoms with Crippen molar-refractivity contribution in [1.82, 2.24) is 10.2 Å². The first-order valence-electron chi connectivity index (χ1n) is 6.22. The lowest BCUT2D eigenvalue weighted by atomic mass is 9.99. The standard InChI is InChI=1S/C13H26N2/c1-5-6-7-15-10-12(4)14-9-13(15)8-11(2)3/h5-6,11-14H,7-10H2,1-4H3/b6-5+. The molecular weight excluding hydrogens is 184 g/mol. The van der Waals surface area contributed by atoms with Crippen LogP contribution in [0.2, 0.25) is 0 Å². The lowest BCUT2D eigenvalue weighted by Gasteiger charge is -2.39. The van der Waals surface area contributed by atoms with Crippen molar-refractivity contribution in [1.29, 1.82) is 0 Å². The maximum atomic E-state index is 3.58. The van der Waals surface area contributed by atoms with Gasteiger partial charge < -0.3 is 5.32 Å². The molecule has 2 atom stereocenters. The summed E-state index contributed by atoms with van der Waals surface area (Å²) in [7, 11) is 0. The number of allylic oxidation sites excluding steroid dienone is 1. The Bertz CT molecular complexity index is 199. The normalized spacial score (nSPS) is 29.1. The molecule has 2 nitrogen and oxygen atoms in total. The van der Waals surface area contributed by atoms with E-state index in [1.807, 2.05) is 0 Å². The monoisotopic (exact) mass is 210 g/mol. The number of rotatable bonds is 4. The molecule has 0 spiro atoms. The Morgan fingerprint density at radius 2 is 2.20 bits per heavy atom. The first kappa shape index (κ1) is 12.7. The molecule has 0 radical (unpaired) electrons. The smallest absolute Gasteiger partial charge is 0.0227 e. The molecule has 2 heteroatoms. The van der Waals surface area contributed by atoms with E-state index in [4.69, 9.17) is 0 Å². The quantitative estimate of drug-likeness (QED) is 0.716. The Kier molecular flexibility index (Phi) is 5.34. The lowest BCUT2D eigenvalue weighted by Crippen LogP contribution is -2.55. The van der Waals surface area contributed by atoms with E-state index in [1.54, 1.807) is 0 Å². The molecule has 0 aliphatic carbocycles. The van der Waals surface area contributed by atoms with E-state index in [-0.39, 0.29) is 0 Å². The molecule has 1 fully saturated rings. The van der Waals surface area contributed by atoms with Gasteiger partial charge in [0.2, 0.25) is 0 Å². The average Bonchev–Trinajstić information content (AvgIpc) is 2.18. The Morgan fingerprint density at radius 1 is 1.47 bits per heavy atom. The van der Waals surface area contributed by atoms with Crippen molar-refractivity contribution in [2.24, 2.45) is 5.92 Å². The van der Waals surface area contributed by atoms with E-state index in [2.05, 4.69) is 50.1 Å². The molecular formula is C13H26N2. The predicted molar refractivity (Wildman–Crippen MR) is 67.1 cm³/mol. The highest BCUT2D eigenvalue weighted by Gasteiger charge is 2.25. The third-order valence-electron chi connectivity index (χ3n) is 3.05. The molecule has 1 N–H and O–H groups in total. The van der Waals surface area contributed by atoms with Gasteiger partial charge in [0.25, 0.3) is 0 Å². The molecule has 0 amide bonds. The second-order valence-corrected chi connectivity index (χ2v) is 5.12. The molecule has 2 unspecified atom stereocenters. The third-order valence-corrected chi connectivity index (χ3v) is 3.05. The maximum Gasteiger partial charge on any atom is 0.0227 e. The van der Waals surface area contributed by atoms with Crippen molar-refractivity contribution in [2.45, 2.75) is 46.2 Å². The van der Waals surface area contributed by atoms with Crippen molar-refractivity contribution >= 4 is 0 Å². The van der Waals surface area contributed by atoms with E-state index in [1.165, 1.54) is 13.0 Å². The van der Waals surface area contributed by atoms with Gasteiger partial charge in [0, 0.05) is 31.7 Å². The van der Waals surface area contributed by atoms with Crippen LogP contribution in [0.25, 0.3) is 0 Å². The minimum absolute atomic E-state index is 0.638. The van der Waals surface area contributed by atoms with Gasteiger partial charge in [-0.05, 0) is 26.2 Å². The van der Waals surface area contributed by atoms with Crippen LogP contribution >= 0.6 is 0 Å². The minimum atomic E-state index is 0.638. The van der Waals surface area contributed by atoms with Crippen LogP contribution in [0, 0.1) is 5.92 Å². The summed E-state index contributed by atoms with van der Waals surface area (Å²) in [6, 6.07) is 1.36. The van der Waals surface area contributed by atoms with Gasteiger partial charge in [-0.25, -0.2) is 0 Å². The zero-order valence-corrected chi connectivity index (χ0v) is 10.7. The first-order chi connectivity index (χ1) is 7.13. The van der Waals surface area contributed by atoms with Crippen LogP contribution in [0.15, 0.2) is 12.2 Å². The molecule has 1 saturated heterocycles. The van der Waals surface area contributed by atoms with Crippen LogP contribution in [-0.4, -0.2) is 36.6 Å². The fourth-order valence-electron chi connectivity index (χ4n) is 2.27. The first-order valence-corrected chi connectivity index (χ1v) is 6.22. The Labute approximate surface area is 94.7 Å². The van der Waals surface area contributed by atoms with Gasteiger partial charge in [-0.2, -0.15) is 0 Å². The van der Waals surface area contributed by atoms with Crippen LogP contribution in [-0.2, 0) is 0 Å². The highest BCUT2D eigenvalue weighted by atomic mass is 15.2. The number of nitrogens with one attached hydrogen (secondary N) is 1. The minimum Gasteiger partial charge on any atom is -0.311 e. The SMILES string of the molecule is C/C=C/CN1CC(C)NCC1CC(C)C. The van der Waals surface area contributed by atoms with E-state index in [9.17, 15) is 0 Å². The zero-order valence-electron chi connectivity index (χ0n) is 10.7. The van der Waals surface area contributed by atoms with E-state index in [0.29, 0.717) is 6.04 Å². The fraction of sp³-hybridized carbons (Fsp3) is 0.846. The summed E-state index contributed by atoms with van der Waals surface area (Å²) in [5.74, 6) is 0.790. The highest BCUT2D eigenvalue weighted by Crippen LogP contribution is 2.15. The largest absolute Gasteiger partial charge is 0.311 e. The van der Waals surface area contributed by atoms with Crippen LogP contribution in [0.4, 0.5) is 0 Å². The summed E-state index contributed by atoms with van der Waals surface area (Å²) in [6.45, 7) is 12.4. The second kappa shape index (κ2) is 6.29. The van der Waals surface area contributed by atoms with Crippen molar-refractivity contribution in [3.63, 3.8) is 0 Å². The molecule has 1 aliphatic heterocycles. The average molecular weight is 210 g/mol. The summed E-state index contributed by atoms with van der Waals surface area (Å²) in [5.41, 5.74) is 0. The summed E-state index contributed by atoms with van der Waals surface area (Å²) in [4.78, 5) is 2.61. The van der Waals surface area contributed by atoms with Gasteiger partial charge in [-0.3, -0.25) is 4.90 Å². The van der Waals surface area contributed by atoms with Gasteiger partial charge in [-0.15, -0.1) is 0 Å². The van der Waals surface area contributed by atoms with Crippen LogP contribution in [0.3, 0.4) is 0 Å². The van der Waals surface area contributed by atoms with E-state index < -0.39 is 0 Å². The molecule has 1 heterocycles. The molecule has 0 aromatic heterocycles. The molecule has 0 saturated carbocycles. The van der Waals surface area contributed by atoms with E-state index >= 15 is 0 Å². The molecule has 1 rings (SSSR count). The van der Waals surface area contributed by atoms with Gasteiger partial charge in [0.05, 0.1) is 0 Å². The van der Waals surface area contributed by atoms with Crippen molar-refractivity contribution in [3.8, 4) is 0 Å². The molecule has 0 aromatic rings. The molecule has 88 valence electrons. The Balaban J connectivity index is 2.49. The van der Waals surface area contributed by atoms with Crippen molar-refractivity contribution < 1.29 is 0 Å². The second-order valence-electron chi connectivity index (χ2n) is 5.12. The van der Waals surface area contributed by atoms with Crippen molar-refractivity contribution in [2.75, 3.05) is 19.6 Å². The fourth-order valence-corrected chi connectivity index (χ4v) is 2.27. The number of nitrogens with zero attached hydrogens (tertiary/aromatic N) is 1. The van der Waals surface area contributed by atoms with Crippen LogP contribution in [0.1, 0.15) is 34.1 Å². The zero-order chi connectivity index (χ0) is 11.3. The lowest BCUT2D eigenvalue weighted by molar-refractivity contribution is 0.133. The third kappa shape index (κ3) is 4.35. The Hall–Kier alpha value is -0.340. The van der Waals surface area contributed by atoms with Gasteiger partial charge in [0.15, 0.2) is 0 Å². The summed E-state index contributed by atoms with van der Waals surface area (Å²) in [6.07, 6.45) is 5.72. The molecule has 1 aliphatic rings. The van der Waals surface area contributed by atoms with Gasteiger partial charge in [0.1, 0.15) is 0 Å². The summed E-state index contributed by atoms with van der Waals surface area (Å²) >= 11 is 0. The number of hydrogen-bond donors (Lipinski definition) is 1. The van der Waals surface area contributed by atoms with Crippen LogP contribution in [0.5, 0.6) is 0 Å². The molecule has 15 heavy (non-hydrogen) atoms. The highest BCUT2D eigenvalue weighted by molar-refractivity contribution is 4.90.